The van der Waals surface area contributed by atoms with E-state index in [0.717, 1.165) is 19.3 Å². The van der Waals surface area contributed by atoms with Crippen molar-refractivity contribution < 1.29 is 14.3 Å². The van der Waals surface area contributed by atoms with Crippen LogP contribution in [0.4, 0.5) is 0 Å². The van der Waals surface area contributed by atoms with Gasteiger partial charge < -0.3 is 15.0 Å². The second-order valence-electron chi connectivity index (χ2n) is 7.83. The summed E-state index contributed by atoms with van der Waals surface area (Å²) in [6, 6.07) is 5.54. The third-order valence-corrected chi connectivity index (χ3v) is 6.15. The van der Waals surface area contributed by atoms with Gasteiger partial charge in [0.25, 0.3) is 0 Å². The number of carbonyl (C=O) groups is 2. The molecule has 0 bridgehead atoms. The van der Waals surface area contributed by atoms with E-state index in [0.29, 0.717) is 38.0 Å². The molecule has 1 aromatic rings. The van der Waals surface area contributed by atoms with Crippen molar-refractivity contribution in [3.8, 4) is 5.88 Å². The van der Waals surface area contributed by atoms with Crippen LogP contribution in [-0.2, 0) is 9.59 Å². The lowest BCUT2D eigenvalue weighted by molar-refractivity contribution is -0.139. The molecule has 2 amide bonds. The Morgan fingerprint density at radius 2 is 2.28 bits per heavy atom. The van der Waals surface area contributed by atoms with Gasteiger partial charge in [0, 0.05) is 43.7 Å². The lowest BCUT2D eigenvalue weighted by atomic mass is 9.75. The number of pyridine rings is 1. The van der Waals surface area contributed by atoms with E-state index in [1.807, 2.05) is 23.1 Å². The fourth-order valence-electron chi connectivity index (χ4n) is 4.51. The largest absolute Gasteiger partial charge is 0.477 e. The number of hydrogen-bond donors (Lipinski definition) is 1. The fraction of sp³-hybridized carbons (Fsp3) is 0.632. The van der Waals surface area contributed by atoms with Crippen molar-refractivity contribution >= 4 is 11.8 Å². The fourth-order valence-corrected chi connectivity index (χ4v) is 4.51. The summed E-state index contributed by atoms with van der Waals surface area (Å²) < 4.78 is 5.81. The zero-order valence-corrected chi connectivity index (χ0v) is 14.6. The highest BCUT2D eigenvalue weighted by molar-refractivity contribution is 5.88. The molecule has 1 spiro atoms. The van der Waals surface area contributed by atoms with Crippen molar-refractivity contribution in [1.29, 1.82) is 0 Å². The molecule has 4 rings (SSSR count). The highest BCUT2D eigenvalue weighted by Gasteiger charge is 2.55. The van der Waals surface area contributed by atoms with Gasteiger partial charge in [-0.15, -0.1) is 0 Å². The van der Waals surface area contributed by atoms with E-state index < -0.39 is 5.41 Å². The molecule has 6 heteroatoms. The molecular formula is C19H25N3O3. The van der Waals surface area contributed by atoms with Crippen molar-refractivity contribution in [2.75, 3.05) is 26.2 Å². The van der Waals surface area contributed by atoms with Gasteiger partial charge in [0.15, 0.2) is 0 Å². The maximum Gasteiger partial charge on any atom is 0.228 e. The Morgan fingerprint density at radius 3 is 3.00 bits per heavy atom. The molecule has 3 aliphatic rings. The van der Waals surface area contributed by atoms with E-state index in [4.69, 9.17) is 4.74 Å². The molecule has 0 unspecified atom stereocenters. The zero-order chi connectivity index (χ0) is 17.4. The van der Waals surface area contributed by atoms with E-state index in [9.17, 15) is 9.59 Å². The normalized spacial score (nSPS) is 34.0. The van der Waals surface area contributed by atoms with Crippen molar-refractivity contribution in [1.82, 2.24) is 15.2 Å². The van der Waals surface area contributed by atoms with Crippen molar-refractivity contribution in [3.05, 3.63) is 24.4 Å². The Morgan fingerprint density at radius 1 is 1.44 bits per heavy atom. The number of aromatic nitrogens is 1. The van der Waals surface area contributed by atoms with E-state index >= 15 is 0 Å². The van der Waals surface area contributed by atoms with Crippen LogP contribution in [0.15, 0.2) is 24.4 Å². The molecule has 134 valence electrons. The van der Waals surface area contributed by atoms with E-state index in [-0.39, 0.29) is 23.7 Å². The number of amides is 2. The Bertz CT molecular complexity index is 659. The SMILES string of the molecule is CC1CC(C(=O)N2CC[C@]3(C2)C(=O)NC[C@@H]3COc2ccccn2)C1. The number of hydrogen-bond acceptors (Lipinski definition) is 4. The molecule has 3 heterocycles. The monoisotopic (exact) mass is 343 g/mol. The molecule has 25 heavy (non-hydrogen) atoms. The highest BCUT2D eigenvalue weighted by Crippen LogP contribution is 2.43. The van der Waals surface area contributed by atoms with Crippen LogP contribution in [0.2, 0.25) is 0 Å². The van der Waals surface area contributed by atoms with Crippen molar-refractivity contribution in [2.45, 2.75) is 26.2 Å². The maximum atomic E-state index is 12.7. The molecule has 0 radical (unpaired) electrons. The standard InChI is InChI=1S/C19H25N3O3/c1-13-8-14(9-13)17(23)22-7-5-19(12-22)15(10-21-18(19)24)11-25-16-4-2-3-6-20-16/h2-4,6,13-15H,5,7-12H2,1H3,(H,21,24)/t13?,14?,15-,19-/m1/s1. The predicted molar refractivity (Wildman–Crippen MR) is 91.7 cm³/mol. The molecule has 0 aromatic carbocycles. The Labute approximate surface area is 147 Å². The molecule has 2 atom stereocenters. The minimum atomic E-state index is -0.500. The van der Waals surface area contributed by atoms with Crippen LogP contribution >= 0.6 is 0 Å². The summed E-state index contributed by atoms with van der Waals surface area (Å²) in [6.45, 7) is 4.44. The molecular weight excluding hydrogens is 318 g/mol. The van der Waals surface area contributed by atoms with Gasteiger partial charge in [0.1, 0.15) is 0 Å². The summed E-state index contributed by atoms with van der Waals surface area (Å²) in [5, 5.41) is 2.99. The minimum Gasteiger partial charge on any atom is -0.477 e. The van der Waals surface area contributed by atoms with Gasteiger partial charge in [-0.2, -0.15) is 0 Å². The van der Waals surface area contributed by atoms with Crippen molar-refractivity contribution in [2.24, 2.45) is 23.2 Å². The zero-order valence-electron chi connectivity index (χ0n) is 14.6. The first-order valence-electron chi connectivity index (χ1n) is 9.19. The Balaban J connectivity index is 1.42. The first-order chi connectivity index (χ1) is 12.1. The average molecular weight is 343 g/mol. The lowest BCUT2D eigenvalue weighted by Gasteiger charge is -2.35. The third kappa shape index (κ3) is 2.87. The van der Waals surface area contributed by atoms with Gasteiger partial charge in [-0.3, -0.25) is 9.59 Å². The van der Waals surface area contributed by atoms with Crippen LogP contribution in [0.5, 0.6) is 5.88 Å². The maximum absolute atomic E-state index is 12.7. The van der Waals surface area contributed by atoms with Gasteiger partial charge in [-0.05, 0) is 31.2 Å². The number of nitrogens with one attached hydrogen (secondary N) is 1. The van der Waals surface area contributed by atoms with Gasteiger partial charge in [0.05, 0.1) is 12.0 Å². The van der Waals surface area contributed by atoms with Crippen LogP contribution < -0.4 is 10.1 Å². The van der Waals surface area contributed by atoms with E-state index in [2.05, 4.69) is 17.2 Å². The summed E-state index contributed by atoms with van der Waals surface area (Å²) in [5.41, 5.74) is -0.500. The quantitative estimate of drug-likeness (QED) is 0.899. The van der Waals surface area contributed by atoms with E-state index in [1.54, 1.807) is 6.20 Å². The van der Waals surface area contributed by atoms with Crippen LogP contribution in [0.25, 0.3) is 0 Å². The molecule has 1 aromatic heterocycles. The van der Waals surface area contributed by atoms with Crippen LogP contribution in [-0.4, -0.2) is 47.9 Å². The topological polar surface area (TPSA) is 71.5 Å². The molecule has 2 aliphatic heterocycles. The molecule has 1 aliphatic carbocycles. The van der Waals surface area contributed by atoms with E-state index in [1.165, 1.54) is 0 Å². The Kier molecular flexibility index (Phi) is 4.13. The first kappa shape index (κ1) is 16.4. The first-order valence-corrected chi connectivity index (χ1v) is 9.19. The third-order valence-electron chi connectivity index (χ3n) is 6.15. The predicted octanol–water partition coefficient (Wildman–Crippen LogP) is 1.47. The molecule has 2 saturated heterocycles. The minimum absolute atomic E-state index is 0.0689. The molecule has 1 N–H and O–H groups in total. The van der Waals surface area contributed by atoms with Gasteiger partial charge >= 0.3 is 0 Å². The summed E-state index contributed by atoms with van der Waals surface area (Å²) in [7, 11) is 0. The summed E-state index contributed by atoms with van der Waals surface area (Å²) >= 11 is 0. The van der Waals surface area contributed by atoms with Gasteiger partial charge in [-0.1, -0.05) is 13.0 Å². The summed E-state index contributed by atoms with van der Waals surface area (Å²) in [5.74, 6) is 1.77. The highest BCUT2D eigenvalue weighted by atomic mass is 16.5. The summed E-state index contributed by atoms with van der Waals surface area (Å²) in [4.78, 5) is 31.3. The number of rotatable bonds is 4. The molecule has 1 saturated carbocycles. The van der Waals surface area contributed by atoms with Crippen molar-refractivity contribution in [3.63, 3.8) is 0 Å². The van der Waals surface area contributed by atoms with Crippen LogP contribution in [0.3, 0.4) is 0 Å². The average Bonchev–Trinajstić information content (AvgIpc) is 3.17. The molecule has 3 fully saturated rings. The summed E-state index contributed by atoms with van der Waals surface area (Å²) in [6.07, 6.45) is 4.39. The lowest BCUT2D eigenvalue weighted by Crippen LogP contribution is -2.44. The van der Waals surface area contributed by atoms with Gasteiger partial charge in [-0.25, -0.2) is 4.98 Å². The number of likely N-dealkylation sites (tertiary alicyclic amines) is 1. The van der Waals surface area contributed by atoms with Gasteiger partial charge in [0.2, 0.25) is 17.7 Å². The second kappa shape index (κ2) is 6.32. The molecule has 6 nitrogen and oxygen atoms in total. The number of nitrogens with zero attached hydrogens (tertiary/aromatic N) is 2. The number of ether oxygens (including phenoxy) is 1. The second-order valence-corrected chi connectivity index (χ2v) is 7.83. The Hall–Kier alpha value is -2.11. The smallest absolute Gasteiger partial charge is 0.228 e. The number of carbonyl (C=O) groups excluding carboxylic acids is 2. The van der Waals surface area contributed by atoms with Crippen LogP contribution in [0, 0.1) is 23.2 Å². The van der Waals surface area contributed by atoms with Crippen LogP contribution in [0.1, 0.15) is 26.2 Å².